The van der Waals surface area contributed by atoms with Crippen LogP contribution in [-0.4, -0.2) is 11.1 Å². The molecule has 1 aromatic carbocycles. The average Bonchev–Trinajstić information content (AvgIpc) is 2.02. The highest BCUT2D eigenvalue weighted by Crippen LogP contribution is 2.24. The van der Waals surface area contributed by atoms with Gasteiger partial charge in [0.05, 0.1) is 0 Å². The van der Waals surface area contributed by atoms with Crippen LogP contribution in [0.15, 0.2) is 18.2 Å². The molecule has 13 heavy (non-hydrogen) atoms. The molecule has 0 bridgehead atoms. The Kier molecular flexibility index (Phi) is 2.55. The largest absolute Gasteiger partial charge is 0.478 e. The molecule has 0 amide bonds. The normalized spacial score (nSPS) is 10.5. The molecule has 1 aromatic rings. The molecule has 1 rings (SSSR count). The quantitative estimate of drug-likeness (QED) is 0.777. The highest BCUT2D eigenvalue weighted by Gasteiger charge is 2.21. The molecular weight excluding hydrogens is 185 g/mol. The Labute approximate surface area is 71.6 Å². The van der Waals surface area contributed by atoms with Gasteiger partial charge in [-0.2, -0.15) is 0 Å². The number of carboxylic acid groups (broad SMARTS) is 1. The van der Waals surface area contributed by atoms with Crippen molar-refractivity contribution in [3.8, 4) is 0 Å². The van der Waals surface area contributed by atoms with Crippen LogP contribution in [0.3, 0.4) is 0 Å². The van der Waals surface area contributed by atoms with Gasteiger partial charge in [-0.3, -0.25) is 0 Å². The van der Waals surface area contributed by atoms with Gasteiger partial charge in [-0.05, 0) is 6.07 Å². The topological polar surface area (TPSA) is 37.3 Å². The minimum Gasteiger partial charge on any atom is -0.478 e. The summed E-state index contributed by atoms with van der Waals surface area (Å²) in [6.07, 6.45) is -2.98. The molecule has 0 heterocycles. The highest BCUT2D eigenvalue weighted by molar-refractivity contribution is 5.89. The summed E-state index contributed by atoms with van der Waals surface area (Å²) in [5.41, 5.74) is -1.76. The number of rotatable bonds is 2. The van der Waals surface area contributed by atoms with E-state index in [9.17, 15) is 18.0 Å². The predicted molar refractivity (Wildman–Crippen MR) is 38.3 cm³/mol. The number of carbonyl (C=O) groups is 1. The maximum Gasteiger partial charge on any atom is 0.339 e. The van der Waals surface area contributed by atoms with E-state index in [1.165, 1.54) is 0 Å². The monoisotopic (exact) mass is 190 g/mol. The molecule has 1 N–H and O–H groups in total. The first kappa shape index (κ1) is 9.57. The van der Waals surface area contributed by atoms with E-state index in [1.54, 1.807) is 0 Å². The lowest BCUT2D eigenvalue weighted by Crippen LogP contribution is -2.06. The maximum absolute atomic E-state index is 12.7. The third-order valence-electron chi connectivity index (χ3n) is 1.49. The lowest BCUT2D eigenvalue weighted by Gasteiger charge is -2.04. The predicted octanol–water partition coefficient (Wildman–Crippen LogP) is 2.46. The lowest BCUT2D eigenvalue weighted by atomic mass is 10.1. The van der Waals surface area contributed by atoms with Crippen molar-refractivity contribution in [2.75, 3.05) is 0 Å². The first-order valence-corrected chi connectivity index (χ1v) is 3.34. The van der Waals surface area contributed by atoms with Crippen molar-refractivity contribution in [3.63, 3.8) is 0 Å². The summed E-state index contributed by atoms with van der Waals surface area (Å²) in [6, 6.07) is 2.76. The second-order valence-corrected chi connectivity index (χ2v) is 2.31. The van der Waals surface area contributed by atoms with Crippen LogP contribution in [0.25, 0.3) is 0 Å². The van der Waals surface area contributed by atoms with Gasteiger partial charge in [-0.1, -0.05) is 12.1 Å². The fourth-order valence-electron chi connectivity index (χ4n) is 0.948. The van der Waals surface area contributed by atoms with Gasteiger partial charge in [0.2, 0.25) is 0 Å². The molecule has 0 aromatic heterocycles. The lowest BCUT2D eigenvalue weighted by molar-refractivity contribution is 0.0678. The molecule has 0 saturated carbocycles. The number of alkyl halides is 2. The van der Waals surface area contributed by atoms with Crippen LogP contribution < -0.4 is 0 Å². The Morgan fingerprint density at radius 3 is 2.38 bits per heavy atom. The zero-order chi connectivity index (χ0) is 10.0. The van der Waals surface area contributed by atoms with Crippen LogP contribution in [0, 0.1) is 5.82 Å². The number of benzene rings is 1. The molecule has 0 atom stereocenters. The van der Waals surface area contributed by atoms with Gasteiger partial charge in [0.25, 0.3) is 6.43 Å². The van der Waals surface area contributed by atoms with Crippen LogP contribution in [0.2, 0.25) is 0 Å². The van der Waals surface area contributed by atoms with Crippen LogP contribution in [-0.2, 0) is 0 Å². The molecule has 0 saturated heterocycles. The van der Waals surface area contributed by atoms with E-state index in [0.29, 0.717) is 0 Å². The summed E-state index contributed by atoms with van der Waals surface area (Å²) in [6.45, 7) is 0. The molecule has 0 aliphatic heterocycles. The number of hydrogen-bond donors (Lipinski definition) is 1. The molecule has 5 heteroatoms. The smallest absolute Gasteiger partial charge is 0.339 e. The fourth-order valence-corrected chi connectivity index (χ4v) is 0.948. The summed E-state index contributed by atoms with van der Waals surface area (Å²) in [5.74, 6) is -2.83. The molecule has 2 nitrogen and oxygen atoms in total. The number of hydrogen-bond acceptors (Lipinski definition) is 1. The highest BCUT2D eigenvalue weighted by atomic mass is 19.3. The number of aromatic carboxylic acids is 1. The van der Waals surface area contributed by atoms with Crippen molar-refractivity contribution in [1.29, 1.82) is 0 Å². The van der Waals surface area contributed by atoms with Gasteiger partial charge in [0.1, 0.15) is 11.4 Å². The van der Waals surface area contributed by atoms with Crippen LogP contribution in [0.1, 0.15) is 22.3 Å². The standard InChI is InChI=1S/C8H5F3O2/c9-5-3-1-2-4(7(10)11)6(5)8(12)13/h1-3,7H,(H,12,13). The Bertz CT molecular complexity index is 336. The fraction of sp³-hybridized carbons (Fsp3) is 0.125. The van der Waals surface area contributed by atoms with Gasteiger partial charge in [-0.15, -0.1) is 0 Å². The van der Waals surface area contributed by atoms with Crippen molar-refractivity contribution in [2.24, 2.45) is 0 Å². The van der Waals surface area contributed by atoms with Gasteiger partial charge >= 0.3 is 5.97 Å². The van der Waals surface area contributed by atoms with Gasteiger partial charge in [-0.25, -0.2) is 18.0 Å². The molecular formula is C8H5F3O2. The van der Waals surface area contributed by atoms with Crippen molar-refractivity contribution in [2.45, 2.75) is 6.43 Å². The SMILES string of the molecule is O=C(O)c1c(F)cccc1C(F)F. The van der Waals surface area contributed by atoms with E-state index in [0.717, 1.165) is 18.2 Å². The molecule has 0 aliphatic rings. The van der Waals surface area contributed by atoms with Crippen LogP contribution in [0.4, 0.5) is 13.2 Å². The third-order valence-corrected chi connectivity index (χ3v) is 1.49. The molecule has 0 unspecified atom stereocenters. The minimum absolute atomic E-state index is 0.799. The van der Waals surface area contributed by atoms with E-state index in [1.807, 2.05) is 0 Å². The first-order chi connectivity index (χ1) is 6.04. The van der Waals surface area contributed by atoms with E-state index < -0.39 is 29.3 Å². The third kappa shape index (κ3) is 1.80. The summed E-state index contributed by atoms with van der Waals surface area (Å²) in [5, 5.41) is 8.42. The van der Waals surface area contributed by atoms with Gasteiger partial charge in [0, 0.05) is 5.56 Å². The number of carboxylic acids is 1. The van der Waals surface area contributed by atoms with Gasteiger partial charge in [0.15, 0.2) is 0 Å². The summed E-state index contributed by atoms with van der Waals surface area (Å²) >= 11 is 0. The van der Waals surface area contributed by atoms with Crippen LogP contribution in [0.5, 0.6) is 0 Å². The summed E-state index contributed by atoms with van der Waals surface area (Å²) in [7, 11) is 0. The maximum atomic E-state index is 12.7. The van der Waals surface area contributed by atoms with E-state index in [-0.39, 0.29) is 0 Å². The molecule has 0 fully saturated rings. The Morgan fingerprint density at radius 2 is 2.00 bits per heavy atom. The molecule has 70 valence electrons. The van der Waals surface area contributed by atoms with Crippen molar-refractivity contribution in [1.82, 2.24) is 0 Å². The van der Waals surface area contributed by atoms with E-state index in [2.05, 4.69) is 0 Å². The zero-order valence-corrected chi connectivity index (χ0v) is 6.30. The van der Waals surface area contributed by atoms with Crippen LogP contribution >= 0.6 is 0 Å². The second-order valence-electron chi connectivity index (χ2n) is 2.31. The Hall–Kier alpha value is -1.52. The summed E-state index contributed by atoms with van der Waals surface area (Å²) < 4.78 is 37.0. The minimum atomic E-state index is -2.98. The van der Waals surface area contributed by atoms with E-state index in [4.69, 9.17) is 5.11 Å². The Morgan fingerprint density at radius 1 is 1.38 bits per heavy atom. The van der Waals surface area contributed by atoms with E-state index >= 15 is 0 Å². The summed E-state index contributed by atoms with van der Waals surface area (Å²) in [4.78, 5) is 10.4. The average molecular weight is 190 g/mol. The van der Waals surface area contributed by atoms with Crippen molar-refractivity contribution in [3.05, 3.63) is 35.1 Å². The van der Waals surface area contributed by atoms with Crippen molar-refractivity contribution >= 4 is 5.97 Å². The second kappa shape index (κ2) is 3.47. The Balaban J connectivity index is 3.34. The molecule has 0 aliphatic carbocycles. The van der Waals surface area contributed by atoms with Gasteiger partial charge < -0.3 is 5.11 Å². The molecule has 0 radical (unpaired) electrons. The zero-order valence-electron chi connectivity index (χ0n) is 6.30. The molecule has 0 spiro atoms. The number of halogens is 3. The first-order valence-electron chi connectivity index (χ1n) is 3.34. The van der Waals surface area contributed by atoms with Crippen molar-refractivity contribution < 1.29 is 23.1 Å².